The fourth-order valence-electron chi connectivity index (χ4n) is 1.18. The largest absolute Gasteiger partial charge is 0.508 e. The average molecular weight is 200 g/mol. The van der Waals surface area contributed by atoms with Gasteiger partial charge >= 0.3 is 0 Å². The zero-order valence-electron chi connectivity index (χ0n) is 7.84. The van der Waals surface area contributed by atoms with Crippen LogP contribution in [0, 0.1) is 0 Å². The molecule has 13 heavy (non-hydrogen) atoms. The van der Waals surface area contributed by atoms with Gasteiger partial charge in [-0.25, -0.2) is 0 Å². The average Bonchev–Trinajstić information content (AvgIpc) is 1.93. The number of hydrogen-bond donors (Lipinski definition) is 2. The quantitative estimate of drug-likeness (QED) is 0.768. The molecule has 0 saturated heterocycles. The minimum absolute atomic E-state index is 0.214. The summed E-state index contributed by atoms with van der Waals surface area (Å²) in [6, 6.07) is 5.08. The third kappa shape index (κ3) is 3.25. The molecular weight excluding hydrogens is 186 g/mol. The highest BCUT2D eigenvalue weighted by Crippen LogP contribution is 2.24. The Kier molecular flexibility index (Phi) is 2.84. The second-order valence-corrected chi connectivity index (χ2v) is 4.37. The Hall–Kier alpha value is -0.730. The van der Waals surface area contributed by atoms with Crippen LogP contribution in [-0.4, -0.2) is 10.6 Å². The summed E-state index contributed by atoms with van der Waals surface area (Å²) in [7, 11) is 0. The molecule has 3 heteroatoms. The molecular formula is C10H14ClNO. The second kappa shape index (κ2) is 3.56. The zero-order valence-corrected chi connectivity index (χ0v) is 8.60. The van der Waals surface area contributed by atoms with E-state index in [0.717, 1.165) is 5.56 Å². The Bertz CT molecular complexity index is 304. The topological polar surface area (TPSA) is 46.2 Å². The normalized spacial score (nSPS) is 11.7. The third-order valence-electron chi connectivity index (χ3n) is 1.69. The first-order valence-corrected chi connectivity index (χ1v) is 4.52. The number of phenolic OH excluding ortho intramolecular Hbond substituents is 1. The Morgan fingerprint density at radius 1 is 1.46 bits per heavy atom. The molecule has 0 heterocycles. The molecule has 0 unspecified atom stereocenters. The summed E-state index contributed by atoms with van der Waals surface area (Å²) >= 11 is 5.70. The van der Waals surface area contributed by atoms with Crippen molar-refractivity contribution in [1.29, 1.82) is 0 Å². The summed E-state index contributed by atoms with van der Waals surface area (Å²) in [4.78, 5) is 0. The van der Waals surface area contributed by atoms with Crippen molar-refractivity contribution in [3.63, 3.8) is 0 Å². The highest BCUT2D eigenvalue weighted by Gasteiger charge is 2.14. The lowest BCUT2D eigenvalue weighted by Crippen LogP contribution is -2.34. The molecule has 0 aliphatic rings. The van der Waals surface area contributed by atoms with Crippen LogP contribution >= 0.6 is 11.6 Å². The van der Waals surface area contributed by atoms with E-state index in [1.54, 1.807) is 12.1 Å². The Morgan fingerprint density at radius 2 is 2.08 bits per heavy atom. The molecule has 72 valence electrons. The van der Waals surface area contributed by atoms with E-state index in [1.807, 2.05) is 13.8 Å². The fraction of sp³-hybridized carbons (Fsp3) is 0.400. The van der Waals surface area contributed by atoms with Crippen molar-refractivity contribution in [2.24, 2.45) is 5.73 Å². The van der Waals surface area contributed by atoms with Crippen LogP contribution in [-0.2, 0) is 6.42 Å². The minimum Gasteiger partial charge on any atom is -0.508 e. The first-order chi connectivity index (χ1) is 5.88. The molecule has 0 radical (unpaired) electrons. The van der Waals surface area contributed by atoms with Crippen LogP contribution in [0.25, 0.3) is 0 Å². The van der Waals surface area contributed by atoms with Gasteiger partial charge in [-0.2, -0.15) is 0 Å². The fourth-order valence-corrected chi connectivity index (χ4v) is 1.34. The van der Waals surface area contributed by atoms with Gasteiger partial charge < -0.3 is 10.8 Å². The lowest BCUT2D eigenvalue weighted by atomic mass is 9.96. The van der Waals surface area contributed by atoms with Crippen molar-refractivity contribution < 1.29 is 5.11 Å². The van der Waals surface area contributed by atoms with Gasteiger partial charge in [0.25, 0.3) is 0 Å². The zero-order chi connectivity index (χ0) is 10.1. The standard InChI is InChI=1S/C10H14ClNO/c1-10(2,12)6-7-3-4-8(11)5-9(7)13/h3-5,13H,6,12H2,1-2H3. The Morgan fingerprint density at radius 3 is 2.54 bits per heavy atom. The summed E-state index contributed by atoms with van der Waals surface area (Å²) in [5.41, 5.74) is 6.35. The van der Waals surface area contributed by atoms with E-state index in [-0.39, 0.29) is 11.3 Å². The molecule has 0 bridgehead atoms. The molecule has 1 aromatic rings. The summed E-state index contributed by atoms with van der Waals surface area (Å²) in [5, 5.41) is 10.1. The lowest BCUT2D eigenvalue weighted by Gasteiger charge is -2.18. The van der Waals surface area contributed by atoms with Crippen molar-refractivity contribution in [2.45, 2.75) is 25.8 Å². The first-order valence-electron chi connectivity index (χ1n) is 4.15. The monoisotopic (exact) mass is 199 g/mol. The molecule has 1 aromatic carbocycles. The van der Waals surface area contributed by atoms with E-state index in [4.69, 9.17) is 17.3 Å². The van der Waals surface area contributed by atoms with Crippen molar-refractivity contribution in [2.75, 3.05) is 0 Å². The van der Waals surface area contributed by atoms with Gasteiger partial charge in [-0.3, -0.25) is 0 Å². The van der Waals surface area contributed by atoms with E-state index in [1.165, 1.54) is 6.07 Å². The minimum atomic E-state index is -0.314. The van der Waals surface area contributed by atoms with E-state index in [9.17, 15) is 5.11 Å². The van der Waals surface area contributed by atoms with E-state index in [0.29, 0.717) is 11.4 Å². The number of phenols is 1. The maximum Gasteiger partial charge on any atom is 0.120 e. The molecule has 3 N–H and O–H groups in total. The lowest BCUT2D eigenvalue weighted by molar-refractivity contribution is 0.450. The van der Waals surface area contributed by atoms with Gasteiger partial charge in [0.2, 0.25) is 0 Å². The highest BCUT2D eigenvalue weighted by molar-refractivity contribution is 6.30. The van der Waals surface area contributed by atoms with E-state index in [2.05, 4.69) is 0 Å². The molecule has 0 fully saturated rings. The van der Waals surface area contributed by atoms with Gasteiger partial charge in [0.15, 0.2) is 0 Å². The molecule has 2 nitrogen and oxygen atoms in total. The maximum atomic E-state index is 9.51. The predicted molar refractivity (Wildman–Crippen MR) is 55.1 cm³/mol. The molecule has 0 aliphatic carbocycles. The number of aromatic hydroxyl groups is 1. The van der Waals surface area contributed by atoms with E-state index < -0.39 is 0 Å². The molecule has 0 aliphatic heterocycles. The first kappa shape index (κ1) is 10.4. The van der Waals surface area contributed by atoms with E-state index >= 15 is 0 Å². The molecule has 0 aromatic heterocycles. The second-order valence-electron chi connectivity index (χ2n) is 3.94. The maximum absolute atomic E-state index is 9.51. The van der Waals surface area contributed by atoms with Gasteiger partial charge in [-0.1, -0.05) is 17.7 Å². The number of nitrogens with two attached hydrogens (primary N) is 1. The molecule has 0 amide bonds. The van der Waals surface area contributed by atoms with Crippen LogP contribution in [0.1, 0.15) is 19.4 Å². The van der Waals surface area contributed by atoms with Crippen LogP contribution < -0.4 is 5.73 Å². The van der Waals surface area contributed by atoms with Gasteiger partial charge in [-0.05, 0) is 38.0 Å². The summed E-state index contributed by atoms with van der Waals surface area (Å²) < 4.78 is 0. The van der Waals surface area contributed by atoms with Crippen molar-refractivity contribution >= 4 is 11.6 Å². The van der Waals surface area contributed by atoms with Gasteiger partial charge in [-0.15, -0.1) is 0 Å². The SMILES string of the molecule is CC(C)(N)Cc1ccc(Cl)cc1O. The van der Waals surface area contributed by atoms with Crippen molar-refractivity contribution in [3.8, 4) is 5.75 Å². The number of halogens is 1. The molecule has 0 saturated carbocycles. The number of benzene rings is 1. The molecule has 0 atom stereocenters. The molecule has 0 spiro atoms. The molecule has 1 rings (SSSR count). The Labute approximate surface area is 83.3 Å². The van der Waals surface area contributed by atoms with Crippen LogP contribution in [0.2, 0.25) is 5.02 Å². The number of hydrogen-bond acceptors (Lipinski definition) is 2. The predicted octanol–water partition coefficient (Wildman–Crippen LogP) is 2.33. The van der Waals surface area contributed by atoms with Gasteiger partial charge in [0.05, 0.1) is 0 Å². The smallest absolute Gasteiger partial charge is 0.120 e. The van der Waals surface area contributed by atoms with Crippen molar-refractivity contribution in [3.05, 3.63) is 28.8 Å². The highest BCUT2D eigenvalue weighted by atomic mass is 35.5. The van der Waals surface area contributed by atoms with Crippen LogP contribution in [0.15, 0.2) is 18.2 Å². The van der Waals surface area contributed by atoms with Crippen molar-refractivity contribution in [1.82, 2.24) is 0 Å². The van der Waals surface area contributed by atoms with Crippen LogP contribution in [0.3, 0.4) is 0 Å². The van der Waals surface area contributed by atoms with Crippen LogP contribution in [0.5, 0.6) is 5.75 Å². The van der Waals surface area contributed by atoms with Gasteiger partial charge in [0.1, 0.15) is 5.75 Å². The van der Waals surface area contributed by atoms with Gasteiger partial charge in [0, 0.05) is 10.6 Å². The van der Waals surface area contributed by atoms with Crippen LogP contribution in [0.4, 0.5) is 0 Å². The summed E-state index contributed by atoms with van der Waals surface area (Å²) in [6.07, 6.45) is 0.635. The Balaban J connectivity index is 2.90. The summed E-state index contributed by atoms with van der Waals surface area (Å²) in [6.45, 7) is 3.84. The summed E-state index contributed by atoms with van der Waals surface area (Å²) in [5.74, 6) is 0.214. The third-order valence-corrected chi connectivity index (χ3v) is 1.93. The number of rotatable bonds is 2.